The molecule has 112 valence electrons. The summed E-state index contributed by atoms with van der Waals surface area (Å²) in [6.45, 7) is 3.85. The number of hydrogen-bond acceptors (Lipinski definition) is 3. The molecule has 20 heavy (non-hydrogen) atoms. The number of nitrogens with one attached hydrogen (secondary N) is 2. The first-order valence-electron chi connectivity index (χ1n) is 6.36. The number of amides is 1. The third kappa shape index (κ3) is 5.02. The topological polar surface area (TPSA) is 75.3 Å². The fourth-order valence-corrected chi connectivity index (χ4v) is 2.92. The summed E-state index contributed by atoms with van der Waals surface area (Å²) in [5.41, 5.74) is 0.560. The number of sulfonamides is 1. The number of carbonyl (C=O) groups is 1. The molecule has 0 heterocycles. The standard InChI is InChI=1S/C13H19ClN2O3S/c1-3-10(2)15-13(17)11-6-4-5-7-12(11)16-20(18,19)9-8-14/h4-7,10,16H,3,8-9H2,1-2H3,(H,15,17). The van der Waals surface area contributed by atoms with Crippen LogP contribution in [0.3, 0.4) is 0 Å². The molecule has 1 amide bonds. The molecule has 0 bridgehead atoms. The summed E-state index contributed by atoms with van der Waals surface area (Å²) in [5.74, 6) is -0.504. The van der Waals surface area contributed by atoms with Gasteiger partial charge in [-0.3, -0.25) is 9.52 Å². The third-order valence-electron chi connectivity index (χ3n) is 2.77. The molecule has 7 heteroatoms. The van der Waals surface area contributed by atoms with Crippen LogP contribution in [0.15, 0.2) is 24.3 Å². The van der Waals surface area contributed by atoms with Crippen LogP contribution >= 0.6 is 11.6 Å². The molecular weight excluding hydrogens is 300 g/mol. The Bertz CT molecular complexity index is 560. The molecule has 0 aliphatic heterocycles. The summed E-state index contributed by atoms with van der Waals surface area (Å²) in [6, 6.07) is 6.51. The van der Waals surface area contributed by atoms with E-state index in [2.05, 4.69) is 10.0 Å². The lowest BCUT2D eigenvalue weighted by Crippen LogP contribution is -2.32. The van der Waals surface area contributed by atoms with Crippen LogP contribution in [0.25, 0.3) is 0 Å². The smallest absolute Gasteiger partial charge is 0.253 e. The van der Waals surface area contributed by atoms with Gasteiger partial charge in [0.1, 0.15) is 0 Å². The maximum atomic E-state index is 12.1. The SMILES string of the molecule is CCC(C)NC(=O)c1ccccc1NS(=O)(=O)CCCl. The van der Waals surface area contributed by atoms with E-state index >= 15 is 0 Å². The molecular formula is C13H19ClN2O3S. The predicted octanol–water partition coefficient (Wildman–Crippen LogP) is 2.20. The van der Waals surface area contributed by atoms with Crippen LogP contribution < -0.4 is 10.0 Å². The van der Waals surface area contributed by atoms with Crippen molar-refractivity contribution in [1.29, 1.82) is 0 Å². The molecule has 2 N–H and O–H groups in total. The van der Waals surface area contributed by atoms with Gasteiger partial charge in [0.25, 0.3) is 5.91 Å². The molecule has 1 rings (SSSR count). The quantitative estimate of drug-likeness (QED) is 0.757. The van der Waals surface area contributed by atoms with E-state index in [1.807, 2.05) is 13.8 Å². The fraction of sp³-hybridized carbons (Fsp3) is 0.462. The van der Waals surface area contributed by atoms with Gasteiger partial charge in [0.05, 0.1) is 17.0 Å². The summed E-state index contributed by atoms with van der Waals surface area (Å²) >= 11 is 5.44. The van der Waals surface area contributed by atoms with Gasteiger partial charge in [0.15, 0.2) is 0 Å². The lowest BCUT2D eigenvalue weighted by Gasteiger charge is -2.15. The van der Waals surface area contributed by atoms with Gasteiger partial charge in [0.2, 0.25) is 10.0 Å². The number of rotatable bonds is 7. The number of hydrogen-bond donors (Lipinski definition) is 2. The average molecular weight is 319 g/mol. The van der Waals surface area contributed by atoms with Crippen molar-refractivity contribution in [2.75, 3.05) is 16.4 Å². The molecule has 1 unspecified atom stereocenters. The highest BCUT2D eigenvalue weighted by Gasteiger charge is 2.16. The molecule has 1 aromatic rings. The Balaban J connectivity index is 2.96. The van der Waals surface area contributed by atoms with Gasteiger partial charge >= 0.3 is 0 Å². The van der Waals surface area contributed by atoms with Crippen molar-refractivity contribution in [2.24, 2.45) is 0 Å². The lowest BCUT2D eigenvalue weighted by molar-refractivity contribution is 0.0940. The minimum Gasteiger partial charge on any atom is -0.350 e. The Morgan fingerprint density at radius 1 is 1.35 bits per heavy atom. The van der Waals surface area contributed by atoms with Gasteiger partial charge in [-0.05, 0) is 25.5 Å². The summed E-state index contributed by atoms with van der Waals surface area (Å²) in [5, 5.41) is 2.80. The minimum absolute atomic E-state index is 0.00341. The van der Waals surface area contributed by atoms with E-state index in [-0.39, 0.29) is 29.3 Å². The second kappa shape index (κ2) is 7.50. The van der Waals surface area contributed by atoms with E-state index in [0.717, 1.165) is 6.42 Å². The first kappa shape index (κ1) is 16.8. The number of carbonyl (C=O) groups excluding carboxylic acids is 1. The lowest BCUT2D eigenvalue weighted by atomic mass is 10.1. The van der Waals surface area contributed by atoms with Crippen LogP contribution in [0.4, 0.5) is 5.69 Å². The van der Waals surface area contributed by atoms with Crippen molar-refractivity contribution in [3.63, 3.8) is 0 Å². The molecule has 0 spiro atoms. The highest BCUT2D eigenvalue weighted by atomic mass is 35.5. The molecule has 0 aliphatic carbocycles. The summed E-state index contributed by atoms with van der Waals surface area (Å²) < 4.78 is 25.8. The van der Waals surface area contributed by atoms with Crippen LogP contribution in [0.2, 0.25) is 0 Å². The molecule has 5 nitrogen and oxygen atoms in total. The van der Waals surface area contributed by atoms with Gasteiger partial charge in [-0.25, -0.2) is 8.42 Å². The Hall–Kier alpha value is -1.27. The van der Waals surface area contributed by atoms with Gasteiger partial charge in [-0.15, -0.1) is 11.6 Å². The first-order chi connectivity index (χ1) is 9.39. The molecule has 0 radical (unpaired) electrons. The Labute approximate surface area is 124 Å². The average Bonchev–Trinajstić information content (AvgIpc) is 2.38. The highest BCUT2D eigenvalue weighted by molar-refractivity contribution is 7.92. The summed E-state index contributed by atoms with van der Waals surface area (Å²) in [7, 11) is -3.54. The molecule has 1 atom stereocenters. The van der Waals surface area contributed by atoms with E-state index in [1.165, 1.54) is 0 Å². The molecule has 0 fully saturated rings. The molecule has 0 aromatic heterocycles. The Morgan fingerprint density at radius 2 is 2.00 bits per heavy atom. The van der Waals surface area contributed by atoms with Crippen LogP contribution in [0, 0.1) is 0 Å². The van der Waals surface area contributed by atoms with E-state index in [1.54, 1.807) is 24.3 Å². The van der Waals surface area contributed by atoms with Gasteiger partial charge < -0.3 is 5.32 Å². The Kier molecular flexibility index (Phi) is 6.29. The van der Waals surface area contributed by atoms with Crippen molar-refractivity contribution in [1.82, 2.24) is 5.32 Å². The summed E-state index contributed by atoms with van der Waals surface area (Å²) in [6.07, 6.45) is 0.798. The Morgan fingerprint density at radius 3 is 2.60 bits per heavy atom. The zero-order chi connectivity index (χ0) is 15.2. The van der Waals surface area contributed by atoms with E-state index in [9.17, 15) is 13.2 Å². The monoisotopic (exact) mass is 318 g/mol. The van der Waals surface area contributed by atoms with Crippen LogP contribution in [-0.2, 0) is 10.0 Å². The van der Waals surface area contributed by atoms with Gasteiger partial charge in [0, 0.05) is 11.9 Å². The predicted molar refractivity (Wildman–Crippen MR) is 81.8 cm³/mol. The zero-order valence-corrected chi connectivity index (χ0v) is 13.1. The van der Waals surface area contributed by atoms with Crippen LogP contribution in [-0.4, -0.2) is 32.0 Å². The number of para-hydroxylation sites is 1. The third-order valence-corrected chi connectivity index (χ3v) is 4.46. The number of halogens is 1. The van der Waals surface area contributed by atoms with E-state index < -0.39 is 10.0 Å². The highest BCUT2D eigenvalue weighted by Crippen LogP contribution is 2.17. The van der Waals surface area contributed by atoms with Crippen molar-refractivity contribution in [2.45, 2.75) is 26.3 Å². The minimum atomic E-state index is -3.54. The second-order valence-electron chi connectivity index (χ2n) is 4.44. The van der Waals surface area contributed by atoms with E-state index in [4.69, 9.17) is 11.6 Å². The van der Waals surface area contributed by atoms with Crippen molar-refractivity contribution in [3.8, 4) is 0 Å². The zero-order valence-electron chi connectivity index (χ0n) is 11.5. The van der Waals surface area contributed by atoms with Gasteiger partial charge in [-0.1, -0.05) is 19.1 Å². The first-order valence-corrected chi connectivity index (χ1v) is 8.54. The number of alkyl halides is 1. The van der Waals surface area contributed by atoms with Crippen molar-refractivity contribution in [3.05, 3.63) is 29.8 Å². The van der Waals surface area contributed by atoms with Crippen LogP contribution in [0.5, 0.6) is 0 Å². The summed E-state index contributed by atoms with van der Waals surface area (Å²) in [4.78, 5) is 12.1. The molecule has 0 saturated heterocycles. The molecule has 0 saturated carbocycles. The normalized spacial score (nSPS) is 12.8. The maximum absolute atomic E-state index is 12.1. The van der Waals surface area contributed by atoms with Crippen molar-refractivity contribution < 1.29 is 13.2 Å². The molecule has 0 aliphatic rings. The molecule has 1 aromatic carbocycles. The van der Waals surface area contributed by atoms with Crippen molar-refractivity contribution >= 4 is 33.2 Å². The maximum Gasteiger partial charge on any atom is 0.253 e. The number of benzene rings is 1. The van der Waals surface area contributed by atoms with Crippen LogP contribution in [0.1, 0.15) is 30.6 Å². The number of anilines is 1. The largest absolute Gasteiger partial charge is 0.350 e. The second-order valence-corrected chi connectivity index (χ2v) is 6.66. The fourth-order valence-electron chi connectivity index (χ4n) is 1.49. The van der Waals surface area contributed by atoms with E-state index in [0.29, 0.717) is 5.56 Å². The van der Waals surface area contributed by atoms with Gasteiger partial charge in [-0.2, -0.15) is 0 Å².